The fraction of sp³-hybridized carbons (Fsp3) is 0.0667. The summed E-state index contributed by atoms with van der Waals surface area (Å²) >= 11 is 0. The van der Waals surface area contributed by atoms with Crippen LogP contribution in [0, 0.1) is 11.3 Å². The minimum atomic E-state index is -0.395. The van der Waals surface area contributed by atoms with E-state index in [0.717, 1.165) is 0 Å². The van der Waals surface area contributed by atoms with Crippen LogP contribution in [0.4, 0.5) is 11.4 Å². The minimum Gasteiger partial charge on any atom is -0.325 e. The largest absolute Gasteiger partial charge is 0.325 e. The average Bonchev–Trinajstić information content (AvgIpc) is 2.48. The van der Waals surface area contributed by atoms with E-state index in [1.807, 2.05) is 0 Å². The van der Waals surface area contributed by atoms with Crippen molar-refractivity contribution >= 4 is 23.2 Å². The Balaban J connectivity index is 2.06. The first-order chi connectivity index (χ1) is 10.2. The molecule has 0 atom stereocenters. The van der Waals surface area contributed by atoms with Crippen LogP contribution in [0.25, 0.3) is 0 Å². The summed E-state index contributed by atoms with van der Waals surface area (Å²) in [6, 6.07) is 11.8. The molecule has 0 saturated carbocycles. The summed E-state index contributed by atoms with van der Waals surface area (Å²) < 4.78 is 0. The van der Waals surface area contributed by atoms with Crippen LogP contribution in [0.5, 0.6) is 0 Å². The summed E-state index contributed by atoms with van der Waals surface area (Å²) in [6.45, 7) is 0. The molecule has 0 saturated heterocycles. The van der Waals surface area contributed by atoms with E-state index < -0.39 is 5.91 Å². The smallest absolute Gasteiger partial charge is 0.257 e. The van der Waals surface area contributed by atoms with E-state index in [9.17, 15) is 9.59 Å². The van der Waals surface area contributed by atoms with Gasteiger partial charge in [0.15, 0.2) is 0 Å². The lowest BCUT2D eigenvalue weighted by molar-refractivity contribution is -0.115. The Labute approximate surface area is 121 Å². The van der Waals surface area contributed by atoms with Gasteiger partial charge in [-0.25, -0.2) is 0 Å². The highest BCUT2D eigenvalue weighted by molar-refractivity contribution is 6.04. The van der Waals surface area contributed by atoms with Crippen LogP contribution in [0.1, 0.15) is 16.8 Å². The molecule has 21 heavy (non-hydrogen) atoms. The molecule has 1 heterocycles. The van der Waals surface area contributed by atoms with E-state index in [1.54, 1.807) is 48.7 Å². The number of hydrogen-bond donors (Lipinski definition) is 2. The Bertz CT molecular complexity index is 692. The third kappa shape index (κ3) is 4.14. The molecule has 1 aromatic heterocycles. The fourth-order valence-electron chi connectivity index (χ4n) is 1.65. The predicted molar refractivity (Wildman–Crippen MR) is 77.5 cm³/mol. The van der Waals surface area contributed by atoms with Crippen LogP contribution in [0.3, 0.4) is 0 Å². The molecule has 0 spiro atoms. The molecule has 0 unspecified atom stereocenters. The third-order valence-electron chi connectivity index (χ3n) is 2.57. The van der Waals surface area contributed by atoms with Crippen LogP contribution >= 0.6 is 0 Å². The molecule has 2 amide bonds. The van der Waals surface area contributed by atoms with Crippen molar-refractivity contribution in [1.82, 2.24) is 4.98 Å². The Morgan fingerprint density at radius 3 is 2.57 bits per heavy atom. The van der Waals surface area contributed by atoms with Crippen LogP contribution in [-0.4, -0.2) is 16.8 Å². The Kier molecular flexibility index (Phi) is 4.62. The second-order valence-corrected chi connectivity index (χ2v) is 4.16. The number of hydrogen-bond acceptors (Lipinski definition) is 4. The summed E-state index contributed by atoms with van der Waals surface area (Å²) in [5.41, 5.74) is 1.49. The fourth-order valence-corrected chi connectivity index (χ4v) is 1.65. The van der Waals surface area contributed by atoms with Crippen molar-refractivity contribution < 1.29 is 9.59 Å². The van der Waals surface area contributed by atoms with E-state index in [0.29, 0.717) is 16.9 Å². The molecular formula is C15H12N4O2. The van der Waals surface area contributed by atoms with Crippen LogP contribution in [0.2, 0.25) is 0 Å². The van der Waals surface area contributed by atoms with Gasteiger partial charge in [-0.2, -0.15) is 5.26 Å². The quantitative estimate of drug-likeness (QED) is 0.897. The number of amides is 2. The molecule has 0 aliphatic carbocycles. The molecule has 2 rings (SSSR count). The molecule has 2 aromatic rings. The number of nitriles is 1. The van der Waals surface area contributed by atoms with Gasteiger partial charge in [0.1, 0.15) is 6.42 Å². The van der Waals surface area contributed by atoms with Crippen molar-refractivity contribution in [2.45, 2.75) is 6.42 Å². The molecule has 0 bridgehead atoms. The molecule has 0 aliphatic rings. The number of pyridine rings is 1. The first-order valence-electron chi connectivity index (χ1n) is 6.17. The number of aromatic nitrogens is 1. The number of nitrogens with one attached hydrogen (secondary N) is 2. The summed E-state index contributed by atoms with van der Waals surface area (Å²) in [5.74, 6) is -0.683. The van der Waals surface area contributed by atoms with Crippen molar-refractivity contribution in [3.63, 3.8) is 0 Å². The lowest BCUT2D eigenvalue weighted by Crippen LogP contribution is -2.13. The van der Waals surface area contributed by atoms with Gasteiger partial charge >= 0.3 is 0 Å². The summed E-state index contributed by atoms with van der Waals surface area (Å²) in [6.07, 6.45) is 2.84. The molecule has 0 aliphatic heterocycles. The zero-order chi connectivity index (χ0) is 15.1. The van der Waals surface area contributed by atoms with Gasteiger partial charge in [0.25, 0.3) is 5.91 Å². The molecule has 6 nitrogen and oxygen atoms in total. The second kappa shape index (κ2) is 6.82. The van der Waals surface area contributed by atoms with E-state index in [2.05, 4.69) is 15.6 Å². The van der Waals surface area contributed by atoms with Crippen molar-refractivity contribution in [3.05, 3.63) is 54.4 Å². The monoisotopic (exact) mass is 280 g/mol. The van der Waals surface area contributed by atoms with Crippen LogP contribution in [-0.2, 0) is 4.79 Å². The van der Waals surface area contributed by atoms with Gasteiger partial charge < -0.3 is 10.6 Å². The lowest BCUT2D eigenvalue weighted by Gasteiger charge is -2.08. The highest BCUT2D eigenvalue weighted by Gasteiger charge is 2.07. The molecule has 0 radical (unpaired) electrons. The highest BCUT2D eigenvalue weighted by Crippen LogP contribution is 2.16. The maximum Gasteiger partial charge on any atom is 0.257 e. The number of carbonyl (C=O) groups is 2. The van der Waals surface area contributed by atoms with Gasteiger partial charge in [-0.15, -0.1) is 0 Å². The first-order valence-corrected chi connectivity index (χ1v) is 6.17. The van der Waals surface area contributed by atoms with Gasteiger partial charge in [-0.05, 0) is 30.3 Å². The summed E-state index contributed by atoms with van der Waals surface area (Å²) in [4.78, 5) is 27.2. The van der Waals surface area contributed by atoms with Crippen molar-refractivity contribution in [2.24, 2.45) is 0 Å². The third-order valence-corrected chi connectivity index (χ3v) is 2.57. The maximum atomic E-state index is 12.0. The predicted octanol–water partition coefficient (Wildman–Crippen LogP) is 2.19. The van der Waals surface area contributed by atoms with Gasteiger partial charge in [0.2, 0.25) is 5.91 Å². The Hall–Kier alpha value is -3.20. The van der Waals surface area contributed by atoms with Crippen molar-refractivity contribution in [1.29, 1.82) is 5.26 Å². The normalized spacial score (nSPS) is 9.48. The molecule has 6 heteroatoms. The van der Waals surface area contributed by atoms with Crippen LogP contribution < -0.4 is 10.6 Å². The highest BCUT2D eigenvalue weighted by atomic mass is 16.2. The molecule has 1 aromatic carbocycles. The Morgan fingerprint density at radius 2 is 1.90 bits per heavy atom. The first kappa shape index (κ1) is 14.2. The maximum absolute atomic E-state index is 12.0. The SMILES string of the molecule is N#CCC(=O)Nc1cccc(NC(=O)c2cccnc2)c1. The minimum absolute atomic E-state index is 0.216. The van der Waals surface area contributed by atoms with Gasteiger partial charge in [0.05, 0.1) is 11.6 Å². The van der Waals surface area contributed by atoms with E-state index in [1.165, 1.54) is 6.20 Å². The molecular weight excluding hydrogens is 268 g/mol. The topological polar surface area (TPSA) is 94.9 Å². The van der Waals surface area contributed by atoms with Gasteiger partial charge in [-0.3, -0.25) is 14.6 Å². The zero-order valence-electron chi connectivity index (χ0n) is 11.0. The average molecular weight is 280 g/mol. The summed E-state index contributed by atoms with van der Waals surface area (Å²) in [7, 11) is 0. The van der Waals surface area contributed by atoms with E-state index in [4.69, 9.17) is 5.26 Å². The van der Waals surface area contributed by atoms with Crippen molar-refractivity contribution in [3.8, 4) is 6.07 Å². The number of anilines is 2. The van der Waals surface area contributed by atoms with E-state index in [-0.39, 0.29) is 12.3 Å². The number of carbonyl (C=O) groups excluding carboxylic acids is 2. The van der Waals surface area contributed by atoms with Crippen molar-refractivity contribution in [2.75, 3.05) is 10.6 Å². The molecule has 2 N–H and O–H groups in total. The zero-order valence-corrected chi connectivity index (χ0v) is 11.0. The van der Waals surface area contributed by atoms with Crippen LogP contribution in [0.15, 0.2) is 48.8 Å². The number of nitrogens with zero attached hydrogens (tertiary/aromatic N) is 2. The lowest BCUT2D eigenvalue weighted by atomic mass is 10.2. The molecule has 104 valence electrons. The van der Waals surface area contributed by atoms with E-state index >= 15 is 0 Å². The summed E-state index contributed by atoms with van der Waals surface area (Å²) in [5, 5.41) is 13.7. The van der Waals surface area contributed by atoms with Gasteiger partial charge in [0, 0.05) is 23.8 Å². The Morgan fingerprint density at radius 1 is 1.14 bits per heavy atom. The number of benzene rings is 1. The van der Waals surface area contributed by atoms with Gasteiger partial charge in [-0.1, -0.05) is 6.07 Å². The second-order valence-electron chi connectivity index (χ2n) is 4.16. The molecule has 0 fully saturated rings. The number of rotatable bonds is 4. The standard InChI is InChI=1S/C15H12N4O2/c16-7-6-14(20)18-12-4-1-5-13(9-12)19-15(21)11-3-2-8-17-10-11/h1-5,8-10H,6H2,(H,18,20)(H,19,21).